The van der Waals surface area contributed by atoms with Crippen molar-refractivity contribution in [2.45, 2.75) is 79.1 Å². The summed E-state index contributed by atoms with van der Waals surface area (Å²) in [7, 11) is 0. The highest BCUT2D eigenvalue weighted by Gasteiger charge is 2.24. The third kappa shape index (κ3) is 11.6. The van der Waals surface area contributed by atoms with Gasteiger partial charge in [-0.2, -0.15) is 0 Å². The number of quaternary nitrogens is 1. The SMILES string of the molecule is CCCC[N+](CCCC)(CCCC)CCCC.[O-]C(=S)c1ccccc1. The molecule has 0 saturated carbocycles. The van der Waals surface area contributed by atoms with E-state index >= 15 is 0 Å². The summed E-state index contributed by atoms with van der Waals surface area (Å²) in [4.78, 5) is 0. The zero-order valence-electron chi connectivity index (χ0n) is 17.6. The predicted molar refractivity (Wildman–Crippen MR) is 118 cm³/mol. The summed E-state index contributed by atoms with van der Waals surface area (Å²) in [5.41, 5.74) is 0.590. The molecule has 0 bridgehead atoms. The van der Waals surface area contributed by atoms with Crippen LogP contribution in [0.2, 0.25) is 0 Å². The first-order valence-corrected chi connectivity index (χ1v) is 11.1. The predicted octanol–water partition coefficient (Wildman–Crippen LogP) is 5.73. The Bertz CT molecular complexity index is 409. The van der Waals surface area contributed by atoms with Gasteiger partial charge in [-0.05, 0) is 36.3 Å². The van der Waals surface area contributed by atoms with E-state index in [4.69, 9.17) is 0 Å². The molecule has 150 valence electrons. The molecule has 0 heterocycles. The number of benzene rings is 1. The summed E-state index contributed by atoms with van der Waals surface area (Å²) < 4.78 is 1.42. The topological polar surface area (TPSA) is 23.1 Å². The fourth-order valence-corrected chi connectivity index (χ4v) is 3.36. The van der Waals surface area contributed by atoms with Crippen LogP contribution in [0.15, 0.2) is 30.3 Å². The van der Waals surface area contributed by atoms with E-state index < -0.39 is 0 Å². The second kappa shape index (κ2) is 16.3. The van der Waals surface area contributed by atoms with E-state index in [1.54, 1.807) is 24.3 Å². The van der Waals surface area contributed by atoms with Crippen molar-refractivity contribution in [1.82, 2.24) is 0 Å². The third-order valence-corrected chi connectivity index (χ3v) is 5.19. The summed E-state index contributed by atoms with van der Waals surface area (Å²) in [5.74, 6) is 0. The maximum absolute atomic E-state index is 10.5. The number of thiocarbonyl (C=S) groups is 1. The van der Waals surface area contributed by atoms with Gasteiger partial charge < -0.3 is 9.59 Å². The van der Waals surface area contributed by atoms with Crippen molar-refractivity contribution >= 4 is 17.3 Å². The minimum atomic E-state index is -0.296. The molecule has 0 unspecified atom stereocenters. The lowest BCUT2D eigenvalue weighted by atomic mass is 10.1. The normalized spacial score (nSPS) is 10.9. The van der Waals surface area contributed by atoms with Gasteiger partial charge >= 0.3 is 0 Å². The summed E-state index contributed by atoms with van der Waals surface area (Å²) in [6, 6.07) is 8.84. The number of nitrogens with zero attached hydrogens (tertiary/aromatic N) is 1. The van der Waals surface area contributed by atoms with Gasteiger partial charge in [0.2, 0.25) is 0 Å². The lowest BCUT2D eigenvalue weighted by molar-refractivity contribution is -0.929. The Hall–Kier alpha value is -0.930. The van der Waals surface area contributed by atoms with Crippen molar-refractivity contribution in [3.8, 4) is 0 Å². The third-order valence-electron chi connectivity index (χ3n) is 4.95. The van der Waals surface area contributed by atoms with E-state index in [2.05, 4.69) is 39.9 Å². The first-order valence-electron chi connectivity index (χ1n) is 10.7. The van der Waals surface area contributed by atoms with E-state index in [0.717, 1.165) is 0 Å². The average molecular weight is 380 g/mol. The van der Waals surface area contributed by atoms with Crippen LogP contribution in [0, 0.1) is 0 Å². The highest BCUT2D eigenvalue weighted by Crippen LogP contribution is 2.16. The number of hydrogen-bond acceptors (Lipinski definition) is 2. The molecule has 0 radical (unpaired) electrons. The van der Waals surface area contributed by atoms with Crippen LogP contribution >= 0.6 is 12.2 Å². The molecule has 3 heteroatoms. The van der Waals surface area contributed by atoms with E-state index in [9.17, 15) is 5.11 Å². The summed E-state index contributed by atoms with van der Waals surface area (Å²) in [5, 5.41) is 10.2. The maximum Gasteiger partial charge on any atom is 0.0786 e. The van der Waals surface area contributed by atoms with Gasteiger partial charge in [0.15, 0.2) is 0 Å². The minimum absolute atomic E-state index is 0.296. The Balaban J connectivity index is 0.000000577. The molecule has 0 aromatic heterocycles. The van der Waals surface area contributed by atoms with Crippen LogP contribution in [-0.4, -0.2) is 35.7 Å². The van der Waals surface area contributed by atoms with E-state index in [-0.39, 0.29) is 5.05 Å². The first-order chi connectivity index (χ1) is 12.5. The van der Waals surface area contributed by atoms with Crippen LogP contribution in [-0.2, 0) is 0 Å². The van der Waals surface area contributed by atoms with Gasteiger partial charge in [0.05, 0.1) is 26.2 Å². The van der Waals surface area contributed by atoms with Gasteiger partial charge in [-0.25, -0.2) is 0 Å². The van der Waals surface area contributed by atoms with Crippen LogP contribution in [0.1, 0.15) is 84.6 Å². The average Bonchev–Trinajstić information content (AvgIpc) is 2.68. The van der Waals surface area contributed by atoms with Gasteiger partial charge in [0, 0.05) is 0 Å². The standard InChI is InChI=1S/C16H36N.C7H6OS/c1-5-9-13-17(14-10-6-2,15-11-7-3)16-12-8-4;8-7(9)6-4-2-1-3-5-6/h5-16H2,1-4H3;1-5H,(H,8,9)/q+1;/p-1. The molecule has 1 aromatic carbocycles. The Morgan fingerprint density at radius 1 is 0.731 bits per heavy atom. The first kappa shape index (κ1) is 25.1. The number of hydrogen-bond donors (Lipinski definition) is 0. The van der Waals surface area contributed by atoms with Crippen molar-refractivity contribution in [3.05, 3.63) is 35.9 Å². The molecular formula is C23H41NOS. The number of rotatable bonds is 13. The molecule has 0 aliphatic heterocycles. The molecule has 0 fully saturated rings. The highest BCUT2D eigenvalue weighted by molar-refractivity contribution is 7.80. The number of unbranched alkanes of at least 4 members (excludes halogenated alkanes) is 4. The fraction of sp³-hybridized carbons (Fsp3) is 0.696. The van der Waals surface area contributed by atoms with E-state index in [1.807, 2.05) is 6.07 Å². The molecule has 1 rings (SSSR count). The molecule has 26 heavy (non-hydrogen) atoms. The van der Waals surface area contributed by atoms with Crippen LogP contribution in [0.25, 0.3) is 0 Å². The monoisotopic (exact) mass is 379 g/mol. The molecular weight excluding hydrogens is 338 g/mol. The smallest absolute Gasteiger partial charge is 0.0786 e. The summed E-state index contributed by atoms with van der Waals surface area (Å²) >= 11 is 4.41. The quantitative estimate of drug-likeness (QED) is 0.323. The van der Waals surface area contributed by atoms with Crippen molar-refractivity contribution in [2.75, 3.05) is 26.2 Å². The lowest BCUT2D eigenvalue weighted by Crippen LogP contribution is -2.50. The molecule has 0 aliphatic rings. The molecule has 0 N–H and O–H groups in total. The van der Waals surface area contributed by atoms with Gasteiger partial charge in [-0.15, -0.1) is 0 Å². The van der Waals surface area contributed by atoms with Crippen molar-refractivity contribution in [2.24, 2.45) is 0 Å². The summed E-state index contributed by atoms with van der Waals surface area (Å²) in [6.45, 7) is 15.0. The zero-order valence-corrected chi connectivity index (χ0v) is 18.5. The van der Waals surface area contributed by atoms with E-state index in [1.165, 1.54) is 82.0 Å². The highest BCUT2D eigenvalue weighted by atomic mass is 32.1. The molecule has 0 amide bonds. The maximum atomic E-state index is 10.5. The Morgan fingerprint density at radius 3 is 1.31 bits per heavy atom. The zero-order chi connectivity index (χ0) is 19.7. The lowest BCUT2D eigenvalue weighted by Gasteiger charge is -2.39. The molecule has 2 nitrogen and oxygen atoms in total. The largest absolute Gasteiger partial charge is 0.864 e. The molecule has 0 saturated heterocycles. The van der Waals surface area contributed by atoms with Crippen LogP contribution in [0.3, 0.4) is 0 Å². The van der Waals surface area contributed by atoms with Crippen molar-refractivity contribution in [1.29, 1.82) is 0 Å². The van der Waals surface area contributed by atoms with Gasteiger partial charge in [-0.1, -0.05) is 95.9 Å². The Labute approximate surface area is 168 Å². The van der Waals surface area contributed by atoms with Crippen LogP contribution < -0.4 is 5.11 Å². The second-order valence-electron chi connectivity index (χ2n) is 7.30. The summed E-state index contributed by atoms with van der Waals surface area (Å²) in [6.07, 6.45) is 11.1. The second-order valence-corrected chi connectivity index (χ2v) is 7.67. The van der Waals surface area contributed by atoms with Crippen molar-refractivity contribution < 1.29 is 9.59 Å². The molecule has 0 atom stereocenters. The van der Waals surface area contributed by atoms with Gasteiger partial charge in [0.25, 0.3) is 0 Å². The fourth-order valence-electron chi connectivity index (χ4n) is 3.22. The molecule has 1 aromatic rings. The Morgan fingerprint density at radius 2 is 1.08 bits per heavy atom. The molecule has 0 spiro atoms. The minimum Gasteiger partial charge on any atom is -0.864 e. The Kier molecular flexibility index (Phi) is 15.7. The van der Waals surface area contributed by atoms with Crippen molar-refractivity contribution in [3.63, 3.8) is 0 Å². The van der Waals surface area contributed by atoms with Crippen LogP contribution in [0.5, 0.6) is 0 Å². The van der Waals surface area contributed by atoms with Crippen LogP contribution in [0.4, 0.5) is 0 Å². The van der Waals surface area contributed by atoms with Gasteiger partial charge in [0.1, 0.15) is 0 Å². The van der Waals surface area contributed by atoms with Gasteiger partial charge in [-0.3, -0.25) is 0 Å². The van der Waals surface area contributed by atoms with E-state index in [0.29, 0.717) is 5.56 Å². The molecule has 0 aliphatic carbocycles.